The van der Waals surface area contributed by atoms with Crippen LogP contribution in [0.4, 0.5) is 21.9 Å². The molecule has 0 atom stereocenters. The summed E-state index contributed by atoms with van der Waals surface area (Å²) < 4.78 is 0. The summed E-state index contributed by atoms with van der Waals surface area (Å²) >= 11 is 1.59. The molecular formula is C22H21N3O2S. The van der Waals surface area contributed by atoms with Gasteiger partial charge in [0.05, 0.1) is 4.88 Å². The van der Waals surface area contributed by atoms with Crippen LogP contribution < -0.4 is 16.0 Å². The van der Waals surface area contributed by atoms with Crippen LogP contribution in [0.15, 0.2) is 60.7 Å². The average molecular weight is 391 g/mol. The van der Waals surface area contributed by atoms with Gasteiger partial charge in [-0.15, -0.1) is 11.3 Å². The highest BCUT2D eigenvalue weighted by Gasteiger charge is 2.17. The molecule has 0 unspecified atom stereocenters. The van der Waals surface area contributed by atoms with E-state index in [2.05, 4.69) is 16.0 Å². The zero-order valence-corrected chi connectivity index (χ0v) is 16.1. The number of carbonyl (C=O) groups is 2. The Kier molecular flexibility index (Phi) is 5.39. The van der Waals surface area contributed by atoms with E-state index < -0.39 is 0 Å². The monoisotopic (exact) mass is 391 g/mol. The van der Waals surface area contributed by atoms with Crippen LogP contribution in [0.1, 0.15) is 33.0 Å². The van der Waals surface area contributed by atoms with E-state index in [1.54, 1.807) is 29.5 Å². The molecule has 28 heavy (non-hydrogen) atoms. The lowest BCUT2D eigenvalue weighted by molar-refractivity contribution is 0.103. The van der Waals surface area contributed by atoms with Gasteiger partial charge >= 0.3 is 6.03 Å². The van der Waals surface area contributed by atoms with Gasteiger partial charge in [0.1, 0.15) is 0 Å². The SMILES string of the molecule is O=C(Nc1ccccc1)Nc1cccc(NC(=O)c2cc3c(s2)CCCC3)c1. The molecular weight excluding hydrogens is 370 g/mol. The van der Waals surface area contributed by atoms with Gasteiger partial charge in [0.15, 0.2) is 0 Å². The summed E-state index contributed by atoms with van der Waals surface area (Å²) in [6.07, 6.45) is 4.54. The van der Waals surface area contributed by atoms with Gasteiger partial charge < -0.3 is 16.0 Å². The summed E-state index contributed by atoms with van der Waals surface area (Å²) in [5.41, 5.74) is 3.28. The molecule has 3 aromatic rings. The number of hydrogen-bond acceptors (Lipinski definition) is 3. The maximum Gasteiger partial charge on any atom is 0.323 e. The number of aryl methyl sites for hydroxylation is 2. The van der Waals surface area contributed by atoms with E-state index in [0.717, 1.165) is 17.7 Å². The molecule has 3 N–H and O–H groups in total. The Bertz CT molecular complexity index is 975. The van der Waals surface area contributed by atoms with Crippen molar-refractivity contribution in [3.8, 4) is 0 Å². The Balaban J connectivity index is 1.40. The Labute approximate surface area is 167 Å². The Morgan fingerprint density at radius 2 is 1.43 bits per heavy atom. The molecule has 4 rings (SSSR count). The van der Waals surface area contributed by atoms with Crippen LogP contribution in [0.25, 0.3) is 0 Å². The first-order chi connectivity index (χ1) is 13.7. The standard InChI is InChI=1S/C22H21N3O2S/c26-21(20-13-15-7-4-5-12-19(15)28-20)23-17-10-6-11-18(14-17)25-22(27)24-16-8-2-1-3-9-16/h1-3,6,8-11,13-14H,4-5,7,12H2,(H,23,26)(H2,24,25,27). The van der Waals surface area contributed by atoms with Crippen LogP contribution in [-0.4, -0.2) is 11.9 Å². The summed E-state index contributed by atoms with van der Waals surface area (Å²) in [5, 5.41) is 8.48. The number of para-hydroxylation sites is 1. The minimum Gasteiger partial charge on any atom is -0.321 e. The van der Waals surface area contributed by atoms with Gasteiger partial charge in [-0.2, -0.15) is 0 Å². The fourth-order valence-electron chi connectivity index (χ4n) is 3.28. The lowest BCUT2D eigenvalue weighted by Crippen LogP contribution is -2.19. The number of rotatable bonds is 4. The second-order valence-electron chi connectivity index (χ2n) is 6.75. The number of carbonyl (C=O) groups excluding carboxylic acids is 2. The lowest BCUT2D eigenvalue weighted by atomic mass is 9.99. The number of anilines is 3. The van der Waals surface area contributed by atoms with Gasteiger partial charge in [-0.25, -0.2) is 4.79 Å². The van der Waals surface area contributed by atoms with Crippen molar-refractivity contribution in [2.75, 3.05) is 16.0 Å². The Morgan fingerprint density at radius 1 is 0.750 bits per heavy atom. The highest BCUT2D eigenvalue weighted by Crippen LogP contribution is 2.30. The van der Waals surface area contributed by atoms with E-state index in [4.69, 9.17) is 0 Å². The quantitative estimate of drug-likeness (QED) is 0.548. The van der Waals surface area contributed by atoms with Gasteiger partial charge in [0.25, 0.3) is 5.91 Å². The molecule has 1 aromatic heterocycles. The molecule has 0 radical (unpaired) electrons. The smallest absolute Gasteiger partial charge is 0.321 e. The van der Waals surface area contributed by atoms with Gasteiger partial charge in [-0.3, -0.25) is 4.79 Å². The minimum absolute atomic E-state index is 0.106. The van der Waals surface area contributed by atoms with E-state index >= 15 is 0 Å². The van der Waals surface area contributed by atoms with Gasteiger partial charge in [-0.1, -0.05) is 24.3 Å². The largest absolute Gasteiger partial charge is 0.323 e. The number of urea groups is 1. The topological polar surface area (TPSA) is 70.2 Å². The third-order valence-corrected chi connectivity index (χ3v) is 5.87. The van der Waals surface area contributed by atoms with Crippen molar-refractivity contribution < 1.29 is 9.59 Å². The molecule has 0 spiro atoms. The summed E-state index contributed by atoms with van der Waals surface area (Å²) in [7, 11) is 0. The molecule has 1 aliphatic carbocycles. The molecule has 0 aliphatic heterocycles. The van der Waals surface area contributed by atoms with Crippen LogP contribution in [0.3, 0.4) is 0 Å². The first kappa shape index (κ1) is 18.3. The number of hydrogen-bond donors (Lipinski definition) is 3. The van der Waals surface area contributed by atoms with Crippen molar-refractivity contribution in [2.45, 2.75) is 25.7 Å². The second-order valence-corrected chi connectivity index (χ2v) is 7.88. The third-order valence-electron chi connectivity index (χ3n) is 4.63. The molecule has 0 saturated carbocycles. The van der Waals surface area contributed by atoms with Crippen LogP contribution in [0, 0.1) is 0 Å². The summed E-state index contributed by atoms with van der Waals surface area (Å²) in [6.45, 7) is 0. The Hall–Kier alpha value is -3.12. The summed E-state index contributed by atoms with van der Waals surface area (Å²) in [4.78, 5) is 26.8. The Morgan fingerprint density at radius 3 is 2.21 bits per heavy atom. The van der Waals surface area contributed by atoms with Crippen LogP contribution >= 0.6 is 11.3 Å². The van der Waals surface area contributed by atoms with Gasteiger partial charge in [0, 0.05) is 21.9 Å². The van der Waals surface area contributed by atoms with Crippen molar-refractivity contribution in [3.63, 3.8) is 0 Å². The molecule has 142 valence electrons. The molecule has 0 bridgehead atoms. The molecule has 6 heteroatoms. The molecule has 1 heterocycles. The number of thiophene rings is 1. The van der Waals surface area contributed by atoms with E-state index in [1.807, 2.05) is 42.5 Å². The zero-order chi connectivity index (χ0) is 19.3. The average Bonchev–Trinajstić information content (AvgIpc) is 3.13. The van der Waals surface area contributed by atoms with Crippen molar-refractivity contribution in [2.24, 2.45) is 0 Å². The fourth-order valence-corrected chi connectivity index (χ4v) is 4.43. The van der Waals surface area contributed by atoms with Gasteiger partial charge in [-0.05, 0) is 67.6 Å². The number of amides is 3. The first-order valence-electron chi connectivity index (χ1n) is 9.33. The molecule has 0 fully saturated rings. The molecule has 5 nitrogen and oxygen atoms in total. The predicted octanol–water partition coefficient (Wildman–Crippen LogP) is 5.52. The highest BCUT2D eigenvalue weighted by molar-refractivity contribution is 7.14. The van der Waals surface area contributed by atoms with Crippen LogP contribution in [0.5, 0.6) is 0 Å². The number of nitrogens with one attached hydrogen (secondary N) is 3. The van der Waals surface area contributed by atoms with E-state index in [0.29, 0.717) is 17.1 Å². The van der Waals surface area contributed by atoms with E-state index in [9.17, 15) is 9.59 Å². The van der Waals surface area contributed by atoms with E-state index in [1.165, 1.54) is 23.3 Å². The summed E-state index contributed by atoms with van der Waals surface area (Å²) in [5.74, 6) is -0.106. The second kappa shape index (κ2) is 8.27. The number of benzene rings is 2. The fraction of sp³-hybridized carbons (Fsp3) is 0.182. The normalized spacial score (nSPS) is 12.7. The highest BCUT2D eigenvalue weighted by atomic mass is 32.1. The molecule has 3 amide bonds. The minimum atomic E-state index is -0.333. The molecule has 1 aliphatic rings. The van der Waals surface area contributed by atoms with Gasteiger partial charge in [0.2, 0.25) is 0 Å². The third kappa shape index (κ3) is 4.40. The number of fused-ring (bicyclic) bond motifs is 1. The van der Waals surface area contributed by atoms with E-state index in [-0.39, 0.29) is 11.9 Å². The van der Waals surface area contributed by atoms with Crippen molar-refractivity contribution in [1.29, 1.82) is 0 Å². The first-order valence-corrected chi connectivity index (χ1v) is 10.1. The predicted molar refractivity (Wildman–Crippen MR) is 114 cm³/mol. The van der Waals surface area contributed by atoms with Crippen molar-refractivity contribution >= 4 is 40.3 Å². The zero-order valence-electron chi connectivity index (χ0n) is 15.3. The maximum absolute atomic E-state index is 12.6. The lowest BCUT2D eigenvalue weighted by Gasteiger charge is -2.09. The summed E-state index contributed by atoms with van der Waals surface area (Å²) in [6, 6.07) is 18.1. The molecule has 2 aromatic carbocycles. The van der Waals surface area contributed by atoms with Crippen molar-refractivity contribution in [1.82, 2.24) is 0 Å². The van der Waals surface area contributed by atoms with Crippen LogP contribution in [-0.2, 0) is 12.8 Å². The van der Waals surface area contributed by atoms with Crippen LogP contribution in [0.2, 0.25) is 0 Å². The molecule has 0 saturated heterocycles. The maximum atomic E-state index is 12.6. The van der Waals surface area contributed by atoms with Crippen molar-refractivity contribution in [3.05, 3.63) is 76.0 Å².